The van der Waals surface area contributed by atoms with E-state index in [0.717, 1.165) is 0 Å². The Morgan fingerprint density at radius 1 is 1.32 bits per heavy atom. The molecule has 19 heavy (non-hydrogen) atoms. The Balaban J connectivity index is 2.78. The molecule has 0 saturated heterocycles. The fraction of sp³-hybridized carbons (Fsp3) is 0.400. The van der Waals surface area contributed by atoms with Crippen LogP contribution < -0.4 is 9.47 Å². The van der Waals surface area contributed by atoms with Gasteiger partial charge in [-0.15, -0.1) is 0 Å². The number of benzene rings is 1. The first kappa shape index (κ1) is 14.9. The van der Waals surface area contributed by atoms with Crippen molar-refractivity contribution < 1.29 is 19.4 Å². The summed E-state index contributed by atoms with van der Waals surface area (Å²) in [5.74, 6) is 5.83. The minimum Gasteiger partial charge on any atom is -0.493 e. The summed E-state index contributed by atoms with van der Waals surface area (Å²) in [7, 11) is 1.47. The molecule has 1 aromatic carbocycles. The van der Waals surface area contributed by atoms with Crippen LogP contribution >= 0.6 is 0 Å². The van der Waals surface area contributed by atoms with Crippen LogP contribution in [0, 0.1) is 17.3 Å². The summed E-state index contributed by atoms with van der Waals surface area (Å²) in [4.78, 5) is 10.8. The molecule has 1 aromatic rings. The van der Waals surface area contributed by atoms with Crippen molar-refractivity contribution in [3.63, 3.8) is 0 Å². The second-order valence-corrected chi connectivity index (χ2v) is 5.01. The van der Waals surface area contributed by atoms with Crippen LogP contribution in [0.5, 0.6) is 11.5 Å². The molecule has 4 heteroatoms. The first-order chi connectivity index (χ1) is 8.83. The van der Waals surface area contributed by atoms with E-state index >= 15 is 0 Å². The number of carboxylic acid groups (broad SMARTS) is 1. The van der Waals surface area contributed by atoms with E-state index in [9.17, 15) is 4.79 Å². The quantitative estimate of drug-likeness (QED) is 0.848. The second-order valence-electron chi connectivity index (χ2n) is 5.01. The van der Waals surface area contributed by atoms with Crippen molar-refractivity contribution in [2.45, 2.75) is 20.8 Å². The third kappa shape index (κ3) is 4.92. The summed E-state index contributed by atoms with van der Waals surface area (Å²) in [6, 6.07) is 4.47. The maximum absolute atomic E-state index is 10.8. The molecule has 0 unspecified atom stereocenters. The van der Waals surface area contributed by atoms with E-state index in [1.165, 1.54) is 19.2 Å². The first-order valence-electron chi connectivity index (χ1n) is 5.87. The Kier molecular flexibility index (Phi) is 4.82. The lowest BCUT2D eigenvalue weighted by molar-refractivity contribution is 0.0696. The van der Waals surface area contributed by atoms with Gasteiger partial charge in [-0.05, 0) is 39.0 Å². The van der Waals surface area contributed by atoms with Gasteiger partial charge < -0.3 is 14.6 Å². The summed E-state index contributed by atoms with van der Waals surface area (Å²) < 4.78 is 10.6. The van der Waals surface area contributed by atoms with Crippen molar-refractivity contribution in [1.82, 2.24) is 0 Å². The topological polar surface area (TPSA) is 55.8 Å². The summed E-state index contributed by atoms with van der Waals surface area (Å²) in [5.41, 5.74) is 0.0885. The molecule has 0 saturated carbocycles. The van der Waals surface area contributed by atoms with Crippen molar-refractivity contribution in [1.29, 1.82) is 0 Å². The second kappa shape index (κ2) is 6.14. The molecule has 1 N–H and O–H groups in total. The van der Waals surface area contributed by atoms with Crippen molar-refractivity contribution >= 4 is 5.97 Å². The molecule has 0 aliphatic carbocycles. The van der Waals surface area contributed by atoms with Gasteiger partial charge in [-0.1, -0.05) is 11.8 Å². The summed E-state index contributed by atoms with van der Waals surface area (Å²) in [5, 5.41) is 8.88. The van der Waals surface area contributed by atoms with Gasteiger partial charge in [0.1, 0.15) is 6.61 Å². The molecule has 0 aliphatic heterocycles. The molecule has 0 aromatic heterocycles. The number of ether oxygens (including phenoxy) is 2. The minimum absolute atomic E-state index is 0.0688. The molecule has 0 atom stereocenters. The first-order valence-corrected chi connectivity index (χ1v) is 5.87. The van der Waals surface area contributed by atoms with Crippen molar-refractivity contribution in [2.75, 3.05) is 13.7 Å². The van der Waals surface area contributed by atoms with E-state index < -0.39 is 5.97 Å². The highest BCUT2D eigenvalue weighted by Crippen LogP contribution is 2.27. The maximum atomic E-state index is 10.8. The van der Waals surface area contributed by atoms with Crippen LogP contribution in [0.1, 0.15) is 31.1 Å². The van der Waals surface area contributed by atoms with Gasteiger partial charge in [0, 0.05) is 5.41 Å². The highest BCUT2D eigenvalue weighted by atomic mass is 16.5. The van der Waals surface area contributed by atoms with E-state index in [1.807, 2.05) is 20.8 Å². The molecule has 1 rings (SSSR count). The normalized spacial score (nSPS) is 10.3. The zero-order valence-corrected chi connectivity index (χ0v) is 11.6. The number of methoxy groups -OCH3 is 1. The number of hydrogen-bond donors (Lipinski definition) is 1. The summed E-state index contributed by atoms with van der Waals surface area (Å²) >= 11 is 0. The predicted molar refractivity (Wildman–Crippen MR) is 72.7 cm³/mol. The lowest BCUT2D eigenvalue weighted by atomic mass is 9.98. The maximum Gasteiger partial charge on any atom is 0.335 e. The molecule has 0 heterocycles. The zero-order chi connectivity index (χ0) is 14.5. The van der Waals surface area contributed by atoms with Crippen LogP contribution in [0.25, 0.3) is 0 Å². The predicted octanol–water partition coefficient (Wildman–Crippen LogP) is 2.82. The standard InChI is InChI=1S/C15H18O4/c1-15(2,3)8-5-9-19-12-7-6-11(14(16)17)10-13(12)18-4/h6-7,10H,9H2,1-4H3,(H,16,17). The van der Waals surface area contributed by atoms with Gasteiger partial charge in [0.15, 0.2) is 11.5 Å². The molecule has 0 amide bonds. The monoisotopic (exact) mass is 262 g/mol. The van der Waals surface area contributed by atoms with Gasteiger partial charge >= 0.3 is 5.97 Å². The van der Waals surface area contributed by atoms with Crippen LogP contribution in [0.15, 0.2) is 18.2 Å². The van der Waals surface area contributed by atoms with Gasteiger partial charge in [0.05, 0.1) is 12.7 Å². The van der Waals surface area contributed by atoms with E-state index in [0.29, 0.717) is 11.5 Å². The van der Waals surface area contributed by atoms with E-state index in [4.69, 9.17) is 14.6 Å². The van der Waals surface area contributed by atoms with Gasteiger partial charge in [0.2, 0.25) is 0 Å². The Bertz CT molecular complexity index is 515. The Morgan fingerprint density at radius 2 is 2.00 bits per heavy atom. The fourth-order valence-corrected chi connectivity index (χ4v) is 1.33. The number of hydrogen-bond acceptors (Lipinski definition) is 3. The molecule has 0 radical (unpaired) electrons. The van der Waals surface area contributed by atoms with Crippen LogP contribution in [0.4, 0.5) is 0 Å². The van der Waals surface area contributed by atoms with E-state index in [1.54, 1.807) is 6.07 Å². The van der Waals surface area contributed by atoms with Gasteiger partial charge in [-0.2, -0.15) is 0 Å². The molecular formula is C15H18O4. The molecule has 0 bridgehead atoms. The van der Waals surface area contributed by atoms with Crippen LogP contribution in [0.2, 0.25) is 0 Å². The number of rotatable bonds is 4. The largest absolute Gasteiger partial charge is 0.493 e. The lowest BCUT2D eigenvalue weighted by Gasteiger charge is -2.10. The van der Waals surface area contributed by atoms with Crippen molar-refractivity contribution in [3.8, 4) is 23.3 Å². The number of carboxylic acids is 1. The summed E-state index contributed by atoms with van der Waals surface area (Å²) in [6.07, 6.45) is 0. The van der Waals surface area contributed by atoms with E-state index in [-0.39, 0.29) is 17.6 Å². The van der Waals surface area contributed by atoms with Crippen molar-refractivity contribution in [2.24, 2.45) is 5.41 Å². The van der Waals surface area contributed by atoms with Crippen LogP contribution in [0.3, 0.4) is 0 Å². The van der Waals surface area contributed by atoms with Crippen molar-refractivity contribution in [3.05, 3.63) is 23.8 Å². The van der Waals surface area contributed by atoms with Gasteiger partial charge in [-0.25, -0.2) is 4.79 Å². The SMILES string of the molecule is COc1cc(C(=O)O)ccc1OCC#CC(C)(C)C. The van der Waals surface area contributed by atoms with Gasteiger partial charge in [0.25, 0.3) is 0 Å². The molecule has 102 valence electrons. The molecule has 4 nitrogen and oxygen atoms in total. The van der Waals surface area contributed by atoms with Crippen LogP contribution in [-0.4, -0.2) is 24.8 Å². The highest BCUT2D eigenvalue weighted by Gasteiger charge is 2.09. The molecule has 0 aliphatic rings. The number of aromatic carboxylic acids is 1. The smallest absolute Gasteiger partial charge is 0.335 e. The zero-order valence-electron chi connectivity index (χ0n) is 11.6. The average Bonchev–Trinajstić information content (AvgIpc) is 2.33. The minimum atomic E-state index is -1.00. The summed E-state index contributed by atoms with van der Waals surface area (Å²) in [6.45, 7) is 6.28. The third-order valence-corrected chi connectivity index (χ3v) is 2.17. The fourth-order valence-electron chi connectivity index (χ4n) is 1.33. The lowest BCUT2D eigenvalue weighted by Crippen LogP contribution is -2.03. The Hall–Kier alpha value is -2.15. The Labute approximate surface area is 113 Å². The Morgan fingerprint density at radius 3 is 2.53 bits per heavy atom. The van der Waals surface area contributed by atoms with Crippen LogP contribution in [-0.2, 0) is 0 Å². The van der Waals surface area contributed by atoms with Gasteiger partial charge in [-0.3, -0.25) is 0 Å². The molecular weight excluding hydrogens is 244 g/mol. The third-order valence-electron chi connectivity index (χ3n) is 2.17. The average molecular weight is 262 g/mol. The molecule has 0 spiro atoms. The highest BCUT2D eigenvalue weighted by molar-refractivity contribution is 5.88. The molecule has 0 fully saturated rings. The number of carbonyl (C=O) groups is 1. The van der Waals surface area contributed by atoms with E-state index in [2.05, 4.69) is 11.8 Å².